The number of hydrogen-bond acceptors (Lipinski definition) is 6. The molecule has 25 heavy (non-hydrogen) atoms. The first kappa shape index (κ1) is 18.3. The Hall–Kier alpha value is -1.47. The molecule has 2 aliphatic rings. The predicted octanol–water partition coefficient (Wildman–Crippen LogP) is 1.49. The minimum Gasteiger partial charge on any atom is -0.465 e. The molecule has 138 valence electrons. The lowest BCUT2D eigenvalue weighted by atomic mass is 9.77. The number of carbonyl (C=O) groups excluding carboxylic acids is 1. The van der Waals surface area contributed by atoms with Crippen LogP contribution in [0.15, 0.2) is 30.3 Å². The summed E-state index contributed by atoms with van der Waals surface area (Å²) in [6, 6.07) is 9.28. The van der Waals surface area contributed by atoms with Gasteiger partial charge in [-0.2, -0.15) is 0 Å². The first-order valence-corrected chi connectivity index (χ1v) is 9.10. The Labute approximate surface area is 149 Å². The number of esters is 1. The van der Waals surface area contributed by atoms with Crippen molar-refractivity contribution >= 4 is 5.97 Å². The monoisotopic (exact) mass is 348 g/mol. The van der Waals surface area contributed by atoms with Gasteiger partial charge in [-0.3, -0.25) is 4.79 Å². The molecule has 0 aliphatic carbocycles. The first-order chi connectivity index (χ1) is 12.1. The lowest BCUT2D eigenvalue weighted by molar-refractivity contribution is -0.211. The summed E-state index contributed by atoms with van der Waals surface area (Å²) >= 11 is 0. The van der Waals surface area contributed by atoms with E-state index in [1.54, 1.807) is 11.8 Å². The summed E-state index contributed by atoms with van der Waals surface area (Å²) in [5, 5.41) is 14.0. The van der Waals surface area contributed by atoms with Gasteiger partial charge in [0.05, 0.1) is 13.2 Å². The van der Waals surface area contributed by atoms with Gasteiger partial charge in [0.25, 0.3) is 0 Å². The van der Waals surface area contributed by atoms with Crippen LogP contribution in [0.1, 0.15) is 31.7 Å². The molecule has 2 atom stereocenters. The van der Waals surface area contributed by atoms with Gasteiger partial charge >= 0.3 is 5.97 Å². The molecule has 6 heteroatoms. The quantitative estimate of drug-likeness (QED) is 0.599. The van der Waals surface area contributed by atoms with Crippen molar-refractivity contribution in [1.82, 2.24) is 10.2 Å². The fraction of sp³-hybridized carbons (Fsp3) is 0.632. The lowest BCUT2D eigenvalue weighted by Crippen LogP contribution is -2.46. The van der Waals surface area contributed by atoms with E-state index in [0.29, 0.717) is 19.8 Å². The van der Waals surface area contributed by atoms with Gasteiger partial charge in [0.2, 0.25) is 6.41 Å². The van der Waals surface area contributed by atoms with E-state index in [0.717, 1.165) is 37.9 Å². The van der Waals surface area contributed by atoms with Crippen LogP contribution in [0.25, 0.3) is 0 Å². The third-order valence-corrected chi connectivity index (χ3v) is 5.29. The molecule has 2 saturated heterocycles. The largest absolute Gasteiger partial charge is 0.465 e. The fourth-order valence-electron chi connectivity index (χ4n) is 3.94. The molecule has 2 heterocycles. The van der Waals surface area contributed by atoms with Gasteiger partial charge in [-0.15, -0.1) is 0 Å². The van der Waals surface area contributed by atoms with Crippen molar-refractivity contribution in [3.63, 3.8) is 0 Å². The Balaban J connectivity index is 1.67. The molecule has 1 aromatic rings. The zero-order chi connectivity index (χ0) is 17.7. The van der Waals surface area contributed by atoms with E-state index in [2.05, 4.69) is 5.32 Å². The number of benzene rings is 1. The molecule has 1 aromatic carbocycles. The van der Waals surface area contributed by atoms with Gasteiger partial charge in [-0.1, -0.05) is 30.3 Å². The van der Waals surface area contributed by atoms with Gasteiger partial charge in [-0.25, -0.2) is 4.90 Å². The first-order valence-electron chi connectivity index (χ1n) is 9.10. The van der Waals surface area contributed by atoms with E-state index < -0.39 is 12.5 Å². The number of ether oxygens (including phenoxy) is 2. The average molecular weight is 348 g/mol. The Bertz CT molecular complexity index is 560. The van der Waals surface area contributed by atoms with Crippen LogP contribution in [-0.2, 0) is 20.9 Å². The number of likely N-dealkylation sites (tertiary alicyclic amines) is 1. The minimum atomic E-state index is -1.11. The van der Waals surface area contributed by atoms with Crippen molar-refractivity contribution in [3.8, 4) is 0 Å². The van der Waals surface area contributed by atoms with Crippen molar-refractivity contribution < 1.29 is 19.4 Å². The molecule has 1 unspecified atom stereocenters. The maximum Gasteiger partial charge on any atom is 0.323 e. The summed E-state index contributed by atoms with van der Waals surface area (Å²) in [6.45, 7) is 5.02. The van der Waals surface area contributed by atoms with Crippen LogP contribution in [0, 0.1) is 5.41 Å². The SMILES string of the molecule is CCOC(=O)[C@@H]1CC2(CCNCC2)CN1C(O)OCc1ccccc1. The van der Waals surface area contributed by atoms with Gasteiger partial charge in [0.1, 0.15) is 6.04 Å². The summed E-state index contributed by atoms with van der Waals surface area (Å²) in [5.41, 5.74) is 1.05. The summed E-state index contributed by atoms with van der Waals surface area (Å²) in [4.78, 5) is 14.2. The van der Waals surface area contributed by atoms with E-state index in [4.69, 9.17) is 9.47 Å². The molecular formula is C19H28N2O4. The molecule has 6 nitrogen and oxygen atoms in total. The second kappa shape index (κ2) is 8.27. The summed E-state index contributed by atoms with van der Waals surface area (Å²) in [5.74, 6) is -0.264. The van der Waals surface area contributed by atoms with Gasteiger partial charge < -0.3 is 19.9 Å². The number of nitrogens with one attached hydrogen (secondary N) is 1. The molecule has 3 rings (SSSR count). The number of piperidine rings is 1. The van der Waals surface area contributed by atoms with E-state index in [9.17, 15) is 9.90 Å². The number of aliphatic hydroxyl groups is 1. The molecule has 2 N–H and O–H groups in total. The van der Waals surface area contributed by atoms with Crippen LogP contribution >= 0.6 is 0 Å². The van der Waals surface area contributed by atoms with Crippen LogP contribution in [0.4, 0.5) is 0 Å². The minimum absolute atomic E-state index is 0.0553. The molecular weight excluding hydrogens is 320 g/mol. The molecule has 0 saturated carbocycles. The third kappa shape index (κ3) is 4.39. The van der Waals surface area contributed by atoms with Crippen molar-refractivity contribution in [3.05, 3.63) is 35.9 Å². The smallest absolute Gasteiger partial charge is 0.323 e. The Morgan fingerprint density at radius 2 is 2.08 bits per heavy atom. The van der Waals surface area contributed by atoms with Gasteiger partial charge in [0.15, 0.2) is 0 Å². The maximum absolute atomic E-state index is 12.4. The van der Waals surface area contributed by atoms with E-state index >= 15 is 0 Å². The summed E-state index contributed by atoms with van der Waals surface area (Å²) < 4.78 is 10.9. The van der Waals surface area contributed by atoms with Crippen molar-refractivity contribution in [2.24, 2.45) is 5.41 Å². The highest BCUT2D eigenvalue weighted by Gasteiger charge is 2.49. The fourth-order valence-corrected chi connectivity index (χ4v) is 3.94. The standard InChI is InChI=1S/C19H28N2O4/c1-2-24-17(22)16-12-19(8-10-20-11-9-19)14-21(16)18(23)25-13-15-6-4-3-5-7-15/h3-7,16,18,20,23H,2,8-14H2,1H3/t16-,18?/m0/s1. The maximum atomic E-state index is 12.4. The Kier molecular flexibility index (Phi) is 6.06. The van der Waals surface area contributed by atoms with Gasteiger partial charge in [-0.05, 0) is 50.3 Å². The topological polar surface area (TPSA) is 71.0 Å². The van der Waals surface area contributed by atoms with E-state index in [1.807, 2.05) is 30.3 Å². The van der Waals surface area contributed by atoms with E-state index in [-0.39, 0.29) is 11.4 Å². The van der Waals surface area contributed by atoms with Crippen LogP contribution in [0.3, 0.4) is 0 Å². The van der Waals surface area contributed by atoms with Gasteiger partial charge in [0, 0.05) is 6.54 Å². The van der Waals surface area contributed by atoms with E-state index in [1.165, 1.54) is 0 Å². The third-order valence-electron chi connectivity index (χ3n) is 5.29. The molecule has 2 aliphatic heterocycles. The van der Waals surface area contributed by atoms with Crippen LogP contribution in [0.5, 0.6) is 0 Å². The Morgan fingerprint density at radius 1 is 1.36 bits per heavy atom. The molecule has 0 aromatic heterocycles. The second-order valence-corrected chi connectivity index (χ2v) is 7.02. The highest BCUT2D eigenvalue weighted by atomic mass is 16.6. The molecule has 0 radical (unpaired) electrons. The predicted molar refractivity (Wildman–Crippen MR) is 93.5 cm³/mol. The number of nitrogens with zero attached hydrogens (tertiary/aromatic N) is 1. The normalized spacial score (nSPS) is 24.3. The number of hydrogen-bond donors (Lipinski definition) is 2. The average Bonchev–Trinajstić information content (AvgIpc) is 3.00. The number of rotatable bonds is 6. The number of aliphatic hydroxyl groups excluding tert-OH is 1. The molecule has 2 fully saturated rings. The highest BCUT2D eigenvalue weighted by Crippen LogP contribution is 2.43. The van der Waals surface area contributed by atoms with Crippen molar-refractivity contribution in [1.29, 1.82) is 0 Å². The van der Waals surface area contributed by atoms with Crippen LogP contribution in [-0.4, -0.2) is 54.7 Å². The Morgan fingerprint density at radius 3 is 2.76 bits per heavy atom. The molecule has 1 spiro atoms. The lowest BCUT2D eigenvalue weighted by Gasteiger charge is -2.34. The summed E-state index contributed by atoms with van der Waals surface area (Å²) in [7, 11) is 0. The highest BCUT2D eigenvalue weighted by molar-refractivity contribution is 5.76. The van der Waals surface area contributed by atoms with Crippen LogP contribution < -0.4 is 5.32 Å². The molecule has 0 amide bonds. The van der Waals surface area contributed by atoms with Crippen molar-refractivity contribution in [2.75, 3.05) is 26.2 Å². The second-order valence-electron chi connectivity index (χ2n) is 7.02. The summed E-state index contributed by atoms with van der Waals surface area (Å²) in [6.07, 6.45) is 1.62. The number of carbonyl (C=O) groups is 1. The van der Waals surface area contributed by atoms with Crippen LogP contribution in [0.2, 0.25) is 0 Å². The zero-order valence-electron chi connectivity index (χ0n) is 14.8. The molecule has 0 bridgehead atoms. The van der Waals surface area contributed by atoms with Crippen molar-refractivity contribution in [2.45, 2.75) is 45.2 Å². The zero-order valence-corrected chi connectivity index (χ0v) is 14.8.